The third kappa shape index (κ3) is 7.01. The summed E-state index contributed by atoms with van der Waals surface area (Å²) in [4.78, 5) is 2.26. The van der Waals surface area contributed by atoms with Crippen LogP contribution < -0.4 is 10.7 Å². The molecule has 0 spiro atoms. The average molecular weight is 258 g/mol. The molecular formula is C7H9F3N2O3S. The van der Waals surface area contributed by atoms with Gasteiger partial charge in [0.05, 0.1) is 16.3 Å². The maximum absolute atomic E-state index is 11.9. The number of alkyl halides is 3. The zero-order valence-corrected chi connectivity index (χ0v) is 8.89. The normalized spacial score (nSPS) is 11.6. The zero-order chi connectivity index (χ0) is 13.0. The van der Waals surface area contributed by atoms with Crippen molar-refractivity contribution in [3.05, 3.63) is 23.9 Å². The van der Waals surface area contributed by atoms with Gasteiger partial charge in [-0.25, -0.2) is 13.4 Å². The number of H-pyrrole nitrogens is 1. The van der Waals surface area contributed by atoms with Crippen LogP contribution in [0.1, 0.15) is 5.56 Å². The number of rotatable bonds is 0. The SMILES string of the molecule is CS(=O)(=O)[O-].Nc1[nH+]cccc1C(F)(F)F. The van der Waals surface area contributed by atoms with Gasteiger partial charge in [0, 0.05) is 6.26 Å². The van der Waals surface area contributed by atoms with E-state index in [9.17, 15) is 13.2 Å². The highest BCUT2D eigenvalue weighted by Crippen LogP contribution is 2.30. The van der Waals surface area contributed by atoms with Crippen LogP contribution in [0.25, 0.3) is 0 Å². The van der Waals surface area contributed by atoms with E-state index in [4.69, 9.17) is 18.7 Å². The molecule has 9 heteroatoms. The van der Waals surface area contributed by atoms with Crippen molar-refractivity contribution in [3.8, 4) is 0 Å². The summed E-state index contributed by atoms with van der Waals surface area (Å²) >= 11 is 0. The van der Waals surface area contributed by atoms with Crippen molar-refractivity contribution in [1.82, 2.24) is 0 Å². The molecule has 0 aliphatic rings. The highest BCUT2D eigenvalue weighted by atomic mass is 32.2. The van der Waals surface area contributed by atoms with Gasteiger partial charge in [-0.1, -0.05) is 0 Å². The summed E-state index contributed by atoms with van der Waals surface area (Å²) in [5, 5.41) is 0. The van der Waals surface area contributed by atoms with E-state index in [0.717, 1.165) is 6.07 Å². The monoisotopic (exact) mass is 258 g/mol. The second-order valence-electron chi connectivity index (χ2n) is 2.70. The number of hydrogen-bond donors (Lipinski definition) is 1. The van der Waals surface area contributed by atoms with Gasteiger partial charge in [-0.15, -0.1) is 0 Å². The molecule has 0 saturated carbocycles. The molecule has 5 nitrogen and oxygen atoms in total. The van der Waals surface area contributed by atoms with Crippen molar-refractivity contribution in [2.45, 2.75) is 6.18 Å². The van der Waals surface area contributed by atoms with Crippen LogP contribution in [0, 0.1) is 0 Å². The number of aromatic nitrogens is 1. The molecule has 16 heavy (non-hydrogen) atoms. The average Bonchev–Trinajstić information content (AvgIpc) is 1.99. The van der Waals surface area contributed by atoms with E-state index >= 15 is 0 Å². The molecular weight excluding hydrogens is 249 g/mol. The molecule has 0 radical (unpaired) electrons. The fourth-order valence-electron chi connectivity index (χ4n) is 0.697. The number of aromatic amines is 1. The molecule has 0 aliphatic heterocycles. The van der Waals surface area contributed by atoms with E-state index in [-0.39, 0.29) is 5.82 Å². The maximum Gasteiger partial charge on any atom is 0.424 e. The van der Waals surface area contributed by atoms with Crippen molar-refractivity contribution < 1.29 is 31.1 Å². The Labute approximate surface area is 89.9 Å². The Balaban J connectivity index is 0.000000385. The Bertz CT molecular complexity index is 436. The lowest BCUT2D eigenvalue weighted by atomic mass is 10.2. The van der Waals surface area contributed by atoms with E-state index in [1.54, 1.807) is 0 Å². The molecule has 3 N–H and O–H groups in total. The predicted molar refractivity (Wildman–Crippen MR) is 48.0 cm³/mol. The Morgan fingerprint density at radius 1 is 1.44 bits per heavy atom. The van der Waals surface area contributed by atoms with Crippen LogP contribution in [0.5, 0.6) is 0 Å². The van der Waals surface area contributed by atoms with Gasteiger partial charge in [-0.05, 0) is 12.1 Å². The number of nitrogens with one attached hydrogen (secondary N) is 1. The molecule has 92 valence electrons. The second kappa shape index (κ2) is 5.12. The van der Waals surface area contributed by atoms with Gasteiger partial charge in [-0.2, -0.15) is 13.2 Å². The lowest BCUT2D eigenvalue weighted by Crippen LogP contribution is -2.17. The maximum atomic E-state index is 11.9. The number of nitrogens with two attached hydrogens (primary N) is 1. The van der Waals surface area contributed by atoms with E-state index in [2.05, 4.69) is 4.98 Å². The minimum absolute atomic E-state index is 0.361. The quantitative estimate of drug-likeness (QED) is 0.675. The summed E-state index contributed by atoms with van der Waals surface area (Å²) in [6.45, 7) is 0. The zero-order valence-electron chi connectivity index (χ0n) is 8.08. The van der Waals surface area contributed by atoms with Gasteiger partial charge >= 0.3 is 6.18 Å². The van der Waals surface area contributed by atoms with Crippen molar-refractivity contribution >= 4 is 15.9 Å². The minimum Gasteiger partial charge on any atom is -0.748 e. The van der Waals surface area contributed by atoms with Crippen molar-refractivity contribution in [1.29, 1.82) is 0 Å². The lowest BCUT2D eigenvalue weighted by Gasteiger charge is -2.03. The van der Waals surface area contributed by atoms with Gasteiger partial charge in [-0.3, -0.25) is 5.73 Å². The highest BCUT2D eigenvalue weighted by molar-refractivity contribution is 7.84. The third-order valence-electron chi connectivity index (χ3n) is 1.19. The number of halogens is 3. The van der Waals surface area contributed by atoms with E-state index in [1.807, 2.05) is 0 Å². The van der Waals surface area contributed by atoms with Crippen molar-refractivity contribution in [3.63, 3.8) is 0 Å². The number of nitrogen functional groups attached to an aromatic ring is 1. The Morgan fingerprint density at radius 3 is 2.12 bits per heavy atom. The summed E-state index contributed by atoms with van der Waals surface area (Å²) in [7, 11) is -3.92. The fraction of sp³-hybridized carbons (Fsp3) is 0.286. The molecule has 0 bridgehead atoms. The molecule has 1 heterocycles. The number of anilines is 1. The van der Waals surface area contributed by atoms with Crippen LogP contribution in [0.4, 0.5) is 19.0 Å². The highest BCUT2D eigenvalue weighted by Gasteiger charge is 2.35. The van der Waals surface area contributed by atoms with Crippen LogP contribution >= 0.6 is 0 Å². The Kier molecular flexibility index (Phi) is 4.69. The smallest absolute Gasteiger partial charge is 0.424 e. The first kappa shape index (κ1) is 14.6. The Morgan fingerprint density at radius 2 is 1.88 bits per heavy atom. The molecule has 1 rings (SSSR count). The summed E-state index contributed by atoms with van der Waals surface area (Å²) in [6, 6.07) is 2.17. The van der Waals surface area contributed by atoms with Gasteiger partial charge in [0.25, 0.3) is 5.82 Å². The molecule has 1 aromatic heterocycles. The fourth-order valence-corrected chi connectivity index (χ4v) is 0.697. The van der Waals surface area contributed by atoms with Gasteiger partial charge < -0.3 is 4.55 Å². The van der Waals surface area contributed by atoms with Crippen LogP contribution in [0.2, 0.25) is 0 Å². The molecule has 0 atom stereocenters. The number of hydrogen-bond acceptors (Lipinski definition) is 4. The first-order valence-corrected chi connectivity index (χ1v) is 5.57. The molecule has 0 aliphatic carbocycles. The third-order valence-corrected chi connectivity index (χ3v) is 1.19. The second-order valence-corrected chi connectivity index (χ2v) is 4.11. The van der Waals surface area contributed by atoms with Crippen LogP contribution in [-0.4, -0.2) is 19.2 Å². The summed E-state index contributed by atoms with van der Waals surface area (Å²) < 4.78 is 63.1. The lowest BCUT2D eigenvalue weighted by molar-refractivity contribution is -0.363. The number of pyridine rings is 1. The van der Waals surface area contributed by atoms with Crippen LogP contribution in [0.3, 0.4) is 0 Å². The first-order valence-electron chi connectivity index (χ1n) is 3.76. The predicted octanol–water partition coefficient (Wildman–Crippen LogP) is 0.263. The van der Waals surface area contributed by atoms with Crippen molar-refractivity contribution in [2.75, 3.05) is 12.0 Å². The standard InChI is InChI=1S/C6H5F3N2.CH4O3S/c7-6(8,9)4-2-1-3-11-5(4)10;1-5(2,3)4/h1-3H,(H2,10,11);1H3,(H,2,3,4). The van der Waals surface area contributed by atoms with Crippen LogP contribution in [-0.2, 0) is 16.3 Å². The molecule has 1 aromatic rings. The minimum atomic E-state index is -4.37. The van der Waals surface area contributed by atoms with E-state index in [1.165, 1.54) is 12.3 Å². The van der Waals surface area contributed by atoms with Gasteiger partial charge in [0.1, 0.15) is 5.56 Å². The van der Waals surface area contributed by atoms with E-state index < -0.39 is 21.9 Å². The van der Waals surface area contributed by atoms with Gasteiger partial charge in [0.2, 0.25) is 0 Å². The summed E-state index contributed by atoms with van der Waals surface area (Å²) in [5.41, 5.74) is 4.20. The molecule has 0 saturated heterocycles. The first-order chi connectivity index (χ1) is 7.02. The van der Waals surface area contributed by atoms with Gasteiger partial charge in [0.15, 0.2) is 0 Å². The van der Waals surface area contributed by atoms with Crippen LogP contribution in [0.15, 0.2) is 18.3 Å². The molecule has 0 unspecified atom stereocenters. The van der Waals surface area contributed by atoms with Crippen molar-refractivity contribution in [2.24, 2.45) is 0 Å². The largest absolute Gasteiger partial charge is 0.748 e. The molecule has 0 fully saturated rings. The summed E-state index contributed by atoms with van der Waals surface area (Å²) in [6.07, 6.45) is -2.43. The topological polar surface area (TPSA) is 97.4 Å². The summed E-state index contributed by atoms with van der Waals surface area (Å²) in [5.74, 6) is -0.361. The molecule has 0 aromatic carbocycles. The molecule has 0 amide bonds. The van der Waals surface area contributed by atoms with E-state index in [0.29, 0.717) is 6.26 Å². The Hall–Kier alpha value is -1.35.